The lowest BCUT2D eigenvalue weighted by molar-refractivity contribution is 0.438. The fraction of sp³-hybridized carbons (Fsp3) is 0.0714. The van der Waals surface area contributed by atoms with E-state index in [4.69, 9.17) is 9.98 Å². The first-order chi connectivity index (χ1) is 15.7. The highest BCUT2D eigenvalue weighted by Crippen LogP contribution is 2.41. The average Bonchev–Trinajstić information content (AvgIpc) is 2.84. The maximum atomic E-state index is 10.6. The van der Waals surface area contributed by atoms with Crippen LogP contribution in [-0.2, 0) is 0 Å². The van der Waals surface area contributed by atoms with Gasteiger partial charge in [0.15, 0.2) is 0 Å². The Labute approximate surface area is 187 Å². The van der Waals surface area contributed by atoms with E-state index in [0.29, 0.717) is 11.1 Å². The van der Waals surface area contributed by atoms with Crippen LogP contribution in [-0.4, -0.2) is 22.6 Å². The maximum Gasteiger partial charge on any atom is 0.121 e. The summed E-state index contributed by atoms with van der Waals surface area (Å²) in [6, 6.07) is 32.7. The molecule has 0 heterocycles. The van der Waals surface area contributed by atoms with Gasteiger partial charge in [0.05, 0.1) is 0 Å². The van der Waals surface area contributed by atoms with Crippen LogP contribution in [0.1, 0.15) is 34.3 Å². The molecule has 158 valence electrons. The van der Waals surface area contributed by atoms with Crippen molar-refractivity contribution in [2.24, 2.45) is 9.98 Å². The molecule has 0 aromatic heterocycles. The third kappa shape index (κ3) is 5.10. The van der Waals surface area contributed by atoms with Crippen LogP contribution in [0.25, 0.3) is 0 Å². The molecule has 0 bridgehead atoms. The van der Waals surface area contributed by atoms with E-state index in [1.54, 1.807) is 36.7 Å². The predicted molar refractivity (Wildman–Crippen MR) is 130 cm³/mol. The maximum absolute atomic E-state index is 10.6. The van der Waals surface area contributed by atoms with Crippen LogP contribution in [0.15, 0.2) is 119 Å². The fourth-order valence-corrected chi connectivity index (χ4v) is 3.55. The third-order valence-electron chi connectivity index (χ3n) is 5.18. The predicted octanol–water partition coefficient (Wildman–Crippen LogP) is 6.12. The molecular weight excluding hydrogens is 396 g/mol. The van der Waals surface area contributed by atoms with Crippen molar-refractivity contribution in [3.05, 3.63) is 131 Å². The molecule has 0 radical (unpaired) electrons. The lowest BCUT2D eigenvalue weighted by Gasteiger charge is -2.23. The Morgan fingerprint density at radius 1 is 0.469 bits per heavy atom. The summed E-state index contributed by atoms with van der Waals surface area (Å²) in [5, 5.41) is 21.3. The Bertz CT molecular complexity index is 1110. The second-order valence-corrected chi connectivity index (χ2v) is 7.39. The number of benzene rings is 4. The summed E-state index contributed by atoms with van der Waals surface area (Å²) >= 11 is 0. The molecule has 0 fully saturated rings. The quantitative estimate of drug-likeness (QED) is 0.354. The first-order valence-electron chi connectivity index (χ1n) is 10.4. The highest BCUT2D eigenvalue weighted by Gasteiger charge is 2.27. The molecule has 0 aliphatic rings. The van der Waals surface area contributed by atoms with E-state index in [9.17, 15) is 10.2 Å². The van der Waals surface area contributed by atoms with Gasteiger partial charge in [0.2, 0.25) is 0 Å². The minimum absolute atomic E-state index is 0.137. The van der Waals surface area contributed by atoms with Gasteiger partial charge in [0.25, 0.3) is 0 Å². The van der Waals surface area contributed by atoms with Crippen molar-refractivity contribution >= 4 is 12.4 Å². The number of aliphatic imine (C=N–C) groups is 2. The van der Waals surface area contributed by atoms with Gasteiger partial charge in [-0.3, -0.25) is 9.98 Å². The summed E-state index contributed by atoms with van der Waals surface area (Å²) in [5.74, 6) is 0.274. The average molecular weight is 421 g/mol. The van der Waals surface area contributed by atoms with Crippen LogP contribution in [0.4, 0.5) is 0 Å². The van der Waals surface area contributed by atoms with E-state index in [2.05, 4.69) is 0 Å². The number of para-hydroxylation sites is 2. The monoisotopic (exact) mass is 420 g/mol. The normalized spacial score (nSPS) is 13.4. The van der Waals surface area contributed by atoms with Gasteiger partial charge < -0.3 is 10.2 Å². The second kappa shape index (κ2) is 10.2. The van der Waals surface area contributed by atoms with Crippen molar-refractivity contribution < 1.29 is 10.2 Å². The molecule has 0 spiro atoms. The second-order valence-electron chi connectivity index (χ2n) is 7.39. The fourth-order valence-electron chi connectivity index (χ4n) is 3.55. The van der Waals surface area contributed by atoms with Crippen LogP contribution in [0.3, 0.4) is 0 Å². The van der Waals surface area contributed by atoms with Crippen LogP contribution >= 0.6 is 0 Å². The topological polar surface area (TPSA) is 65.2 Å². The Balaban J connectivity index is 1.83. The number of nitrogens with zero attached hydrogens (tertiary/aromatic N) is 2. The molecule has 2 atom stereocenters. The van der Waals surface area contributed by atoms with E-state index in [-0.39, 0.29) is 11.5 Å². The van der Waals surface area contributed by atoms with Crippen molar-refractivity contribution in [2.75, 3.05) is 0 Å². The highest BCUT2D eigenvalue weighted by molar-refractivity contribution is 5.81. The standard InChI is InChI=1S/C28H24N2O2/c31-25-17-9-7-15-23(25)27(29-19-21-11-3-1-4-12-21)28(24-16-8-10-18-26(24)32)30-20-22-13-5-2-6-14-22/h1-20,27-28,31-32H/t27-,28-/m0/s1. The van der Waals surface area contributed by atoms with E-state index in [1.165, 1.54) is 0 Å². The van der Waals surface area contributed by atoms with Crippen molar-refractivity contribution in [1.82, 2.24) is 0 Å². The van der Waals surface area contributed by atoms with Gasteiger partial charge in [-0.2, -0.15) is 0 Å². The zero-order valence-corrected chi connectivity index (χ0v) is 17.5. The SMILES string of the molecule is Oc1ccccc1[C@H](N=Cc1ccccc1)[C@@H](N=Cc1ccccc1)c1ccccc1O. The van der Waals surface area contributed by atoms with Gasteiger partial charge in [-0.05, 0) is 23.3 Å². The van der Waals surface area contributed by atoms with E-state index in [1.807, 2.05) is 84.9 Å². The first-order valence-corrected chi connectivity index (χ1v) is 10.4. The Morgan fingerprint density at radius 2 is 0.812 bits per heavy atom. The van der Waals surface area contributed by atoms with E-state index < -0.39 is 12.1 Å². The molecular formula is C28H24N2O2. The molecule has 0 saturated carbocycles. The molecule has 32 heavy (non-hydrogen) atoms. The van der Waals surface area contributed by atoms with Crippen LogP contribution < -0.4 is 0 Å². The van der Waals surface area contributed by atoms with Crippen LogP contribution in [0.2, 0.25) is 0 Å². The summed E-state index contributed by atoms with van der Waals surface area (Å²) in [4.78, 5) is 9.69. The van der Waals surface area contributed by atoms with Gasteiger partial charge in [0.1, 0.15) is 23.6 Å². The Hall–Kier alpha value is -4.18. The number of hydrogen-bond donors (Lipinski definition) is 2. The minimum Gasteiger partial charge on any atom is -0.508 e. The molecule has 2 N–H and O–H groups in total. The number of phenolic OH excluding ortho intramolecular Hbond substituents is 2. The smallest absolute Gasteiger partial charge is 0.121 e. The molecule has 4 aromatic rings. The van der Waals surface area contributed by atoms with Crippen molar-refractivity contribution in [3.63, 3.8) is 0 Å². The zero-order chi connectivity index (χ0) is 22.2. The molecule has 4 nitrogen and oxygen atoms in total. The number of hydrogen-bond acceptors (Lipinski definition) is 4. The molecule has 4 rings (SSSR count). The number of rotatable bonds is 7. The van der Waals surface area contributed by atoms with Gasteiger partial charge in [-0.15, -0.1) is 0 Å². The first kappa shape index (κ1) is 21.1. The van der Waals surface area contributed by atoms with Gasteiger partial charge in [-0.1, -0.05) is 97.1 Å². The minimum atomic E-state index is -0.551. The van der Waals surface area contributed by atoms with E-state index in [0.717, 1.165) is 11.1 Å². The zero-order valence-electron chi connectivity index (χ0n) is 17.5. The van der Waals surface area contributed by atoms with Gasteiger partial charge in [0, 0.05) is 23.6 Å². The van der Waals surface area contributed by atoms with Gasteiger partial charge in [-0.25, -0.2) is 0 Å². The highest BCUT2D eigenvalue weighted by atomic mass is 16.3. The summed E-state index contributed by atoms with van der Waals surface area (Å²) < 4.78 is 0. The molecule has 0 unspecified atom stereocenters. The van der Waals surface area contributed by atoms with Crippen LogP contribution in [0, 0.1) is 0 Å². The lowest BCUT2D eigenvalue weighted by atomic mass is 9.92. The summed E-state index contributed by atoms with van der Waals surface area (Å²) in [7, 11) is 0. The molecule has 4 aromatic carbocycles. The largest absolute Gasteiger partial charge is 0.508 e. The van der Waals surface area contributed by atoms with Gasteiger partial charge >= 0.3 is 0 Å². The Morgan fingerprint density at radius 3 is 1.19 bits per heavy atom. The number of phenols is 2. The molecule has 0 saturated heterocycles. The molecule has 0 amide bonds. The van der Waals surface area contributed by atoms with E-state index >= 15 is 0 Å². The lowest BCUT2D eigenvalue weighted by Crippen LogP contribution is -2.10. The Kier molecular flexibility index (Phi) is 6.73. The number of aromatic hydroxyl groups is 2. The summed E-state index contributed by atoms with van der Waals surface area (Å²) in [6.07, 6.45) is 3.56. The van der Waals surface area contributed by atoms with Crippen molar-refractivity contribution in [1.29, 1.82) is 0 Å². The third-order valence-corrected chi connectivity index (χ3v) is 5.18. The van der Waals surface area contributed by atoms with Crippen LogP contribution in [0.5, 0.6) is 11.5 Å². The molecule has 4 heteroatoms. The molecule has 0 aliphatic carbocycles. The van der Waals surface area contributed by atoms with Crippen molar-refractivity contribution in [3.8, 4) is 11.5 Å². The summed E-state index contributed by atoms with van der Waals surface area (Å²) in [5.41, 5.74) is 3.16. The van der Waals surface area contributed by atoms with Crippen molar-refractivity contribution in [2.45, 2.75) is 12.1 Å². The summed E-state index contributed by atoms with van der Waals surface area (Å²) in [6.45, 7) is 0. The molecule has 0 aliphatic heterocycles.